The molecule has 2 heterocycles. The number of anilines is 2. The maximum atomic E-state index is 12.1. The molecule has 1 aliphatic carbocycles. The molecule has 1 aliphatic rings. The van der Waals surface area contributed by atoms with E-state index in [1.165, 1.54) is 0 Å². The van der Waals surface area contributed by atoms with Gasteiger partial charge in [-0.3, -0.25) is 9.78 Å². The van der Waals surface area contributed by atoms with Crippen molar-refractivity contribution in [3.63, 3.8) is 0 Å². The molecule has 3 N–H and O–H groups in total. The number of nitrogens with two attached hydrogens (primary N) is 1. The summed E-state index contributed by atoms with van der Waals surface area (Å²) in [5, 5.41) is 4.74. The fraction of sp³-hybridized carbons (Fsp3) is 0.250. The Bertz CT molecular complexity index is 983. The highest BCUT2D eigenvalue weighted by Crippen LogP contribution is 2.38. The highest BCUT2D eigenvalue weighted by atomic mass is 16.2. The molecule has 0 bridgehead atoms. The van der Waals surface area contributed by atoms with Gasteiger partial charge in [0.1, 0.15) is 5.82 Å². The van der Waals surface area contributed by atoms with E-state index in [0.29, 0.717) is 17.4 Å². The number of aromatic nitrogens is 2. The molecule has 5 heteroatoms. The zero-order valence-corrected chi connectivity index (χ0v) is 14.3. The summed E-state index contributed by atoms with van der Waals surface area (Å²) in [7, 11) is 0. The number of hydrogen-bond acceptors (Lipinski definition) is 4. The first-order valence-corrected chi connectivity index (χ1v) is 8.44. The molecule has 1 aromatic carbocycles. The lowest BCUT2D eigenvalue weighted by molar-refractivity contribution is -0.117. The summed E-state index contributed by atoms with van der Waals surface area (Å²) in [5.74, 6) is 1.20. The van der Waals surface area contributed by atoms with E-state index in [1.54, 1.807) is 12.4 Å². The molecule has 3 aromatic rings. The number of nitrogens with one attached hydrogen (secondary N) is 1. The lowest BCUT2D eigenvalue weighted by Crippen LogP contribution is -2.15. The van der Waals surface area contributed by atoms with Crippen LogP contribution in [-0.4, -0.2) is 15.9 Å². The number of benzene rings is 1. The van der Waals surface area contributed by atoms with Gasteiger partial charge in [-0.2, -0.15) is 0 Å². The minimum atomic E-state index is 0.0478. The Morgan fingerprint density at radius 2 is 2.08 bits per heavy atom. The Hall–Kier alpha value is -2.95. The number of fused-ring (bicyclic) bond motifs is 1. The van der Waals surface area contributed by atoms with E-state index in [1.807, 2.05) is 31.3 Å². The van der Waals surface area contributed by atoms with Gasteiger partial charge in [0, 0.05) is 41.1 Å². The first-order chi connectivity index (χ1) is 12.0. The van der Waals surface area contributed by atoms with Crippen LogP contribution in [0.1, 0.15) is 18.9 Å². The van der Waals surface area contributed by atoms with Crippen LogP contribution < -0.4 is 11.1 Å². The summed E-state index contributed by atoms with van der Waals surface area (Å²) in [6, 6.07) is 7.86. The van der Waals surface area contributed by atoms with Crippen LogP contribution in [0.4, 0.5) is 11.5 Å². The summed E-state index contributed by atoms with van der Waals surface area (Å²) < 4.78 is 0. The number of carbonyl (C=O) groups is 1. The number of pyridine rings is 2. The molecule has 0 unspecified atom stereocenters. The molecule has 126 valence electrons. The van der Waals surface area contributed by atoms with E-state index in [-0.39, 0.29) is 11.8 Å². The fourth-order valence-electron chi connectivity index (χ4n) is 3.18. The van der Waals surface area contributed by atoms with E-state index < -0.39 is 0 Å². The summed E-state index contributed by atoms with van der Waals surface area (Å²) in [4.78, 5) is 20.7. The molecule has 5 nitrogen and oxygen atoms in total. The molecule has 1 amide bonds. The van der Waals surface area contributed by atoms with Gasteiger partial charge in [0.25, 0.3) is 0 Å². The van der Waals surface area contributed by atoms with Crippen LogP contribution in [0.25, 0.3) is 21.9 Å². The van der Waals surface area contributed by atoms with Gasteiger partial charge < -0.3 is 11.1 Å². The van der Waals surface area contributed by atoms with Gasteiger partial charge in [-0.15, -0.1) is 0 Å². The lowest BCUT2D eigenvalue weighted by atomic mass is 9.99. The van der Waals surface area contributed by atoms with Gasteiger partial charge in [0.05, 0.1) is 0 Å². The second-order valence-corrected chi connectivity index (χ2v) is 6.86. The molecule has 1 fully saturated rings. The predicted molar refractivity (Wildman–Crippen MR) is 100 cm³/mol. The highest BCUT2D eigenvalue weighted by molar-refractivity contribution is 6.00. The number of nitrogens with zero attached hydrogens (tertiary/aromatic N) is 2. The van der Waals surface area contributed by atoms with E-state index in [2.05, 4.69) is 28.3 Å². The van der Waals surface area contributed by atoms with E-state index in [4.69, 9.17) is 5.73 Å². The second-order valence-electron chi connectivity index (χ2n) is 6.86. The zero-order valence-electron chi connectivity index (χ0n) is 14.3. The maximum Gasteiger partial charge on any atom is 0.228 e. The van der Waals surface area contributed by atoms with Gasteiger partial charge in [-0.1, -0.05) is 6.92 Å². The minimum Gasteiger partial charge on any atom is -0.398 e. The number of amides is 1. The Morgan fingerprint density at radius 3 is 2.80 bits per heavy atom. The van der Waals surface area contributed by atoms with Crippen molar-refractivity contribution in [3.8, 4) is 11.1 Å². The van der Waals surface area contributed by atoms with Gasteiger partial charge in [-0.05, 0) is 60.0 Å². The van der Waals surface area contributed by atoms with E-state index in [0.717, 1.165) is 33.9 Å². The number of nitrogen functional groups attached to an aromatic ring is 1. The van der Waals surface area contributed by atoms with Gasteiger partial charge in [-0.25, -0.2) is 4.98 Å². The van der Waals surface area contributed by atoms with Crippen LogP contribution >= 0.6 is 0 Å². The Kier molecular flexibility index (Phi) is 3.64. The fourth-order valence-corrected chi connectivity index (χ4v) is 3.18. The molecule has 0 saturated heterocycles. The monoisotopic (exact) mass is 332 g/mol. The molecule has 4 rings (SSSR count). The average Bonchev–Trinajstić information content (AvgIpc) is 3.32. The number of carbonyl (C=O) groups excluding carboxylic acids is 1. The summed E-state index contributed by atoms with van der Waals surface area (Å²) in [6.07, 6.45) is 6.29. The molecule has 1 saturated carbocycles. The van der Waals surface area contributed by atoms with Gasteiger partial charge >= 0.3 is 0 Å². The average molecular weight is 332 g/mol. The van der Waals surface area contributed by atoms with Crippen molar-refractivity contribution in [2.45, 2.75) is 20.3 Å². The quantitative estimate of drug-likeness (QED) is 0.715. The predicted octanol–water partition coefficient (Wildman–Crippen LogP) is 3.78. The zero-order chi connectivity index (χ0) is 17.6. The molecule has 0 aliphatic heterocycles. The molecule has 2 atom stereocenters. The van der Waals surface area contributed by atoms with Gasteiger partial charge in [0.15, 0.2) is 0 Å². The van der Waals surface area contributed by atoms with Crippen molar-refractivity contribution in [1.82, 2.24) is 9.97 Å². The van der Waals surface area contributed by atoms with Gasteiger partial charge in [0.2, 0.25) is 5.91 Å². The number of rotatable bonds is 3. The third-order valence-electron chi connectivity index (χ3n) is 4.92. The SMILES string of the molecule is Cc1ccncc1-c1cc(N)c2cnc(NC(=O)[C@H]3C[C@@H]3C)cc2c1. The van der Waals surface area contributed by atoms with Crippen LogP contribution in [0.2, 0.25) is 0 Å². The molecule has 2 aromatic heterocycles. The van der Waals surface area contributed by atoms with Crippen LogP contribution in [0.15, 0.2) is 42.9 Å². The van der Waals surface area contributed by atoms with Crippen LogP contribution in [0, 0.1) is 18.8 Å². The summed E-state index contributed by atoms with van der Waals surface area (Å²) in [5.41, 5.74) is 10.1. The van der Waals surface area contributed by atoms with Crippen molar-refractivity contribution in [1.29, 1.82) is 0 Å². The number of aryl methyl sites for hydroxylation is 1. The van der Waals surface area contributed by atoms with Crippen LogP contribution in [-0.2, 0) is 4.79 Å². The molecule has 0 radical (unpaired) electrons. The summed E-state index contributed by atoms with van der Waals surface area (Å²) >= 11 is 0. The second kappa shape index (κ2) is 5.84. The maximum absolute atomic E-state index is 12.1. The van der Waals surface area contributed by atoms with E-state index >= 15 is 0 Å². The molecular formula is C20H20N4O. The Labute approximate surface area is 146 Å². The van der Waals surface area contributed by atoms with Crippen LogP contribution in [0.5, 0.6) is 0 Å². The molecule has 25 heavy (non-hydrogen) atoms. The molecule has 0 spiro atoms. The van der Waals surface area contributed by atoms with Crippen molar-refractivity contribution >= 4 is 28.2 Å². The van der Waals surface area contributed by atoms with E-state index in [9.17, 15) is 4.79 Å². The Balaban J connectivity index is 1.73. The topological polar surface area (TPSA) is 80.9 Å². The first kappa shape index (κ1) is 15.6. The third-order valence-corrected chi connectivity index (χ3v) is 4.92. The highest BCUT2D eigenvalue weighted by Gasteiger charge is 2.39. The lowest BCUT2D eigenvalue weighted by Gasteiger charge is -2.11. The Morgan fingerprint density at radius 1 is 1.28 bits per heavy atom. The van der Waals surface area contributed by atoms with Crippen molar-refractivity contribution in [2.75, 3.05) is 11.1 Å². The van der Waals surface area contributed by atoms with Crippen molar-refractivity contribution < 1.29 is 4.79 Å². The van der Waals surface area contributed by atoms with Crippen molar-refractivity contribution in [2.24, 2.45) is 11.8 Å². The first-order valence-electron chi connectivity index (χ1n) is 8.44. The third kappa shape index (κ3) is 2.93. The minimum absolute atomic E-state index is 0.0478. The molecular weight excluding hydrogens is 312 g/mol. The number of hydrogen-bond donors (Lipinski definition) is 2. The summed E-state index contributed by atoms with van der Waals surface area (Å²) in [6.45, 7) is 4.13. The van der Waals surface area contributed by atoms with Crippen LogP contribution in [0.3, 0.4) is 0 Å². The normalized spacial score (nSPS) is 19.0. The van der Waals surface area contributed by atoms with Crippen molar-refractivity contribution in [3.05, 3.63) is 48.4 Å². The largest absolute Gasteiger partial charge is 0.398 e. The smallest absolute Gasteiger partial charge is 0.228 e. The standard InChI is InChI=1S/C20H20N4O/c1-11-3-4-22-9-16(11)13-6-14-8-19(23-10-17(14)18(21)7-13)24-20(25)15-5-12(15)2/h3-4,6-10,12,15H,5,21H2,1-2H3,(H,23,24,25)/t12-,15-/m0/s1.